The highest BCUT2D eigenvalue weighted by molar-refractivity contribution is 5.34. The monoisotopic (exact) mass is 402 g/mol. The van der Waals surface area contributed by atoms with Crippen LogP contribution in [0.2, 0.25) is 0 Å². The highest BCUT2D eigenvalue weighted by Gasteiger charge is 2.81. The van der Waals surface area contributed by atoms with Crippen molar-refractivity contribution in [1.29, 1.82) is 0 Å². The molecular weight excluding hydrogens is 386 g/mol. The number of hydrazine groups is 1. The molecule has 0 bridgehead atoms. The van der Waals surface area contributed by atoms with Gasteiger partial charge in [0.1, 0.15) is 0 Å². The Balaban J connectivity index is 2.17. The lowest BCUT2D eigenvalue weighted by Gasteiger charge is -2.48. The first-order chi connectivity index (χ1) is 13.0. The Labute approximate surface area is 156 Å². The van der Waals surface area contributed by atoms with Gasteiger partial charge in [-0.25, -0.2) is 8.78 Å². The highest BCUT2D eigenvalue weighted by atomic mass is 19.3. The molecule has 0 saturated carbocycles. The Hall–Kier alpha value is -2.36. The minimum absolute atomic E-state index is 0.0860. The van der Waals surface area contributed by atoms with Crippen LogP contribution in [0, 0.1) is 0 Å². The van der Waals surface area contributed by atoms with E-state index in [-0.39, 0.29) is 28.3 Å². The number of rotatable bonds is 4. The van der Waals surface area contributed by atoms with Crippen LogP contribution in [0.5, 0.6) is 0 Å². The summed E-state index contributed by atoms with van der Waals surface area (Å²) in [5.74, 6) is -14.8. The van der Waals surface area contributed by atoms with E-state index in [1.165, 1.54) is 48.5 Å². The molecule has 0 heterocycles. The second kappa shape index (κ2) is 6.61. The number of nitrogens with zero attached hydrogens (tertiary/aromatic N) is 1. The van der Waals surface area contributed by atoms with E-state index < -0.39 is 29.5 Å². The van der Waals surface area contributed by atoms with Gasteiger partial charge in [0.15, 0.2) is 0 Å². The maximum Gasteiger partial charge on any atom is 0.376 e. The van der Waals surface area contributed by atoms with Crippen LogP contribution >= 0.6 is 0 Å². The molecule has 1 aliphatic rings. The molecule has 0 spiro atoms. The molecule has 28 heavy (non-hydrogen) atoms. The molecule has 0 aliphatic heterocycles. The van der Waals surface area contributed by atoms with Crippen molar-refractivity contribution in [2.75, 3.05) is 0 Å². The standard InChI is InChI=1S/C19H16F6N2O/c20-16(11-12-17(21,28)19(24,25)18(16,22)23)27(26)15(13-7-3-1-4-8-13)14-9-5-2-6-10-14/h1-12,15,28H,26H2. The van der Waals surface area contributed by atoms with E-state index in [1.54, 1.807) is 12.1 Å². The summed E-state index contributed by atoms with van der Waals surface area (Å²) in [4.78, 5) is 0. The molecular formula is C19H16F6N2O. The zero-order valence-corrected chi connectivity index (χ0v) is 14.2. The number of nitrogens with two attached hydrogens (primary N) is 1. The maximum absolute atomic E-state index is 15.4. The summed E-state index contributed by atoms with van der Waals surface area (Å²) in [7, 11) is 0. The Bertz CT molecular complexity index is 820. The smallest absolute Gasteiger partial charge is 0.354 e. The van der Waals surface area contributed by atoms with Crippen molar-refractivity contribution in [1.82, 2.24) is 5.01 Å². The van der Waals surface area contributed by atoms with Crippen LogP contribution in [0.3, 0.4) is 0 Å². The second-order valence-electron chi connectivity index (χ2n) is 6.46. The molecule has 2 unspecified atom stereocenters. The Kier molecular flexibility index (Phi) is 4.81. The average Bonchev–Trinajstić information content (AvgIpc) is 2.66. The molecule has 3 N–H and O–H groups in total. The summed E-state index contributed by atoms with van der Waals surface area (Å²) in [6, 6.07) is 13.8. The van der Waals surface area contributed by atoms with Gasteiger partial charge in [-0.3, -0.25) is 5.84 Å². The SMILES string of the molecule is NN(C(c1ccccc1)c1ccccc1)C1(F)C=CC(O)(F)C(F)(F)C1(F)F. The normalized spacial score (nSPS) is 28.6. The summed E-state index contributed by atoms with van der Waals surface area (Å²) in [5.41, 5.74) is 0.476. The summed E-state index contributed by atoms with van der Waals surface area (Å²) in [6.45, 7) is 0. The van der Waals surface area contributed by atoms with Gasteiger partial charge in [0.2, 0.25) is 0 Å². The minimum atomic E-state index is -5.76. The van der Waals surface area contributed by atoms with Crippen molar-refractivity contribution in [2.45, 2.75) is 29.5 Å². The molecule has 3 nitrogen and oxygen atoms in total. The lowest BCUT2D eigenvalue weighted by Crippen LogP contribution is -2.72. The summed E-state index contributed by atoms with van der Waals surface area (Å²) >= 11 is 0. The fraction of sp³-hybridized carbons (Fsp3) is 0.263. The Morgan fingerprint density at radius 2 is 1.14 bits per heavy atom. The van der Waals surface area contributed by atoms with Crippen LogP contribution in [0.25, 0.3) is 0 Å². The van der Waals surface area contributed by atoms with Crippen molar-refractivity contribution in [3.8, 4) is 0 Å². The van der Waals surface area contributed by atoms with Crippen LogP contribution < -0.4 is 5.84 Å². The quantitative estimate of drug-likeness (QED) is 0.266. The van der Waals surface area contributed by atoms with Gasteiger partial charge in [-0.1, -0.05) is 60.7 Å². The third-order valence-electron chi connectivity index (χ3n) is 4.68. The van der Waals surface area contributed by atoms with E-state index in [2.05, 4.69) is 0 Å². The molecule has 2 atom stereocenters. The number of benzene rings is 2. The van der Waals surface area contributed by atoms with Gasteiger partial charge < -0.3 is 5.11 Å². The third kappa shape index (κ3) is 2.81. The Morgan fingerprint density at radius 1 is 0.714 bits per heavy atom. The van der Waals surface area contributed by atoms with Gasteiger partial charge in [0.25, 0.3) is 11.6 Å². The zero-order valence-electron chi connectivity index (χ0n) is 14.2. The molecule has 0 radical (unpaired) electrons. The first kappa shape index (κ1) is 20.4. The molecule has 9 heteroatoms. The van der Waals surface area contributed by atoms with Gasteiger partial charge >= 0.3 is 11.8 Å². The first-order valence-electron chi connectivity index (χ1n) is 8.16. The number of hydrogen-bond acceptors (Lipinski definition) is 3. The number of hydrogen-bond donors (Lipinski definition) is 2. The molecule has 150 valence electrons. The average molecular weight is 402 g/mol. The fourth-order valence-corrected chi connectivity index (χ4v) is 3.09. The number of alkyl halides is 6. The van der Waals surface area contributed by atoms with Crippen molar-refractivity contribution in [2.24, 2.45) is 5.84 Å². The van der Waals surface area contributed by atoms with E-state index in [4.69, 9.17) is 10.9 Å². The van der Waals surface area contributed by atoms with Crippen molar-refractivity contribution >= 4 is 0 Å². The minimum Gasteiger partial charge on any atom is -0.354 e. The highest BCUT2D eigenvalue weighted by Crippen LogP contribution is 2.56. The summed E-state index contributed by atoms with van der Waals surface area (Å²) in [5, 5.41) is 8.93. The third-order valence-corrected chi connectivity index (χ3v) is 4.68. The van der Waals surface area contributed by atoms with E-state index in [1.807, 2.05) is 0 Å². The van der Waals surface area contributed by atoms with Crippen molar-refractivity contribution < 1.29 is 31.4 Å². The zero-order chi connectivity index (χ0) is 20.8. The number of aliphatic hydroxyl groups is 1. The fourth-order valence-electron chi connectivity index (χ4n) is 3.09. The summed E-state index contributed by atoms with van der Waals surface area (Å²) < 4.78 is 85.8. The van der Waals surface area contributed by atoms with Crippen LogP contribution in [0.4, 0.5) is 26.3 Å². The second-order valence-corrected chi connectivity index (χ2v) is 6.46. The van der Waals surface area contributed by atoms with Gasteiger partial charge in [0.05, 0.1) is 6.04 Å². The predicted octanol–water partition coefficient (Wildman–Crippen LogP) is 4.12. The molecule has 0 aromatic heterocycles. The van der Waals surface area contributed by atoms with E-state index in [9.17, 15) is 22.0 Å². The van der Waals surface area contributed by atoms with Gasteiger partial charge in [-0.2, -0.15) is 22.6 Å². The van der Waals surface area contributed by atoms with E-state index in [0.29, 0.717) is 0 Å². The Morgan fingerprint density at radius 3 is 1.57 bits per heavy atom. The van der Waals surface area contributed by atoms with Crippen LogP contribution in [0.15, 0.2) is 72.8 Å². The molecule has 0 fully saturated rings. The number of halogens is 6. The molecule has 2 aromatic carbocycles. The van der Waals surface area contributed by atoms with Crippen molar-refractivity contribution in [3.63, 3.8) is 0 Å². The topological polar surface area (TPSA) is 49.5 Å². The largest absolute Gasteiger partial charge is 0.376 e. The summed E-state index contributed by atoms with van der Waals surface area (Å²) in [6.07, 6.45) is -0.527. The molecule has 2 aromatic rings. The molecule has 1 aliphatic carbocycles. The first-order valence-corrected chi connectivity index (χ1v) is 8.16. The molecule has 3 rings (SSSR count). The predicted molar refractivity (Wildman–Crippen MR) is 89.7 cm³/mol. The van der Waals surface area contributed by atoms with Gasteiger partial charge in [-0.05, 0) is 23.3 Å². The lowest BCUT2D eigenvalue weighted by atomic mass is 9.85. The maximum atomic E-state index is 15.4. The van der Waals surface area contributed by atoms with Crippen LogP contribution in [-0.4, -0.2) is 33.6 Å². The van der Waals surface area contributed by atoms with Crippen LogP contribution in [0.1, 0.15) is 17.2 Å². The lowest BCUT2D eigenvalue weighted by molar-refractivity contribution is -0.370. The van der Waals surface area contributed by atoms with Crippen molar-refractivity contribution in [3.05, 3.63) is 83.9 Å². The van der Waals surface area contributed by atoms with E-state index >= 15 is 4.39 Å². The van der Waals surface area contributed by atoms with Gasteiger partial charge in [0, 0.05) is 0 Å². The van der Waals surface area contributed by atoms with Crippen LogP contribution in [-0.2, 0) is 0 Å². The molecule has 0 saturated heterocycles. The van der Waals surface area contributed by atoms with Gasteiger partial charge in [-0.15, -0.1) is 0 Å². The molecule has 0 amide bonds. The van der Waals surface area contributed by atoms with E-state index in [0.717, 1.165) is 0 Å².